The zero-order chi connectivity index (χ0) is 23.3. The van der Waals surface area contributed by atoms with Crippen molar-refractivity contribution in [3.8, 4) is 0 Å². The Bertz CT molecular complexity index is 719. The van der Waals surface area contributed by atoms with E-state index in [9.17, 15) is 18.7 Å². The van der Waals surface area contributed by atoms with Gasteiger partial charge in [0.2, 0.25) is 0 Å². The van der Waals surface area contributed by atoms with Crippen molar-refractivity contribution >= 4 is 6.09 Å². The number of ether oxygens (including phenoxy) is 2. The second-order valence-corrected chi connectivity index (χ2v) is 9.76. The molecular weight excluding hydrogens is 406 g/mol. The maximum atomic E-state index is 13.5. The van der Waals surface area contributed by atoms with Crippen LogP contribution in [0, 0.1) is 17.6 Å². The van der Waals surface area contributed by atoms with E-state index < -0.39 is 41.5 Å². The fraction of sp³-hybridized carbons (Fsp3) is 0.696. The molecular formula is C23H36F2N2O4. The number of rotatable bonds is 7. The summed E-state index contributed by atoms with van der Waals surface area (Å²) in [6, 6.07) is 1.56. The van der Waals surface area contributed by atoms with Crippen molar-refractivity contribution in [2.24, 2.45) is 11.7 Å². The number of nitrogens with two attached hydrogens (primary N) is 1. The number of carbonyl (C=O) groups is 1. The molecule has 4 atom stereocenters. The Morgan fingerprint density at radius 2 is 1.90 bits per heavy atom. The minimum Gasteiger partial charge on any atom is -0.444 e. The van der Waals surface area contributed by atoms with Gasteiger partial charge in [0.05, 0.1) is 31.4 Å². The highest BCUT2D eigenvalue weighted by Crippen LogP contribution is 2.24. The van der Waals surface area contributed by atoms with E-state index in [1.807, 2.05) is 0 Å². The molecule has 8 heteroatoms. The lowest BCUT2D eigenvalue weighted by Gasteiger charge is -2.43. The molecule has 176 valence electrons. The van der Waals surface area contributed by atoms with Crippen LogP contribution < -0.4 is 5.73 Å². The summed E-state index contributed by atoms with van der Waals surface area (Å²) in [5.41, 5.74) is 5.81. The van der Waals surface area contributed by atoms with E-state index in [2.05, 4.69) is 13.8 Å². The smallest absolute Gasteiger partial charge is 0.410 e. The van der Waals surface area contributed by atoms with E-state index in [4.69, 9.17) is 15.2 Å². The van der Waals surface area contributed by atoms with Gasteiger partial charge >= 0.3 is 6.09 Å². The zero-order valence-electron chi connectivity index (χ0n) is 19.1. The second kappa shape index (κ2) is 10.7. The van der Waals surface area contributed by atoms with Gasteiger partial charge in [-0.3, -0.25) is 4.90 Å². The molecule has 1 aliphatic rings. The predicted octanol–water partition coefficient (Wildman–Crippen LogP) is 3.64. The molecule has 1 aromatic rings. The SMILES string of the molecule is CC(C)CCC1CN(C(=O)OC(C)(C)C)C([C@@H](O)[C@@H](N)Cc2cc(F)cc(F)c2)CO1. The van der Waals surface area contributed by atoms with Gasteiger partial charge < -0.3 is 20.3 Å². The summed E-state index contributed by atoms with van der Waals surface area (Å²) in [6.07, 6.45) is -0.0834. The normalized spacial score (nSPS) is 21.8. The monoisotopic (exact) mass is 442 g/mol. The van der Waals surface area contributed by atoms with E-state index in [1.54, 1.807) is 20.8 Å². The van der Waals surface area contributed by atoms with Crippen LogP contribution in [-0.4, -0.2) is 59.1 Å². The van der Waals surface area contributed by atoms with Crippen molar-refractivity contribution in [1.29, 1.82) is 0 Å². The second-order valence-electron chi connectivity index (χ2n) is 9.76. The van der Waals surface area contributed by atoms with Crippen LogP contribution in [0.2, 0.25) is 0 Å². The summed E-state index contributed by atoms with van der Waals surface area (Å²) >= 11 is 0. The number of nitrogens with zero attached hydrogens (tertiary/aromatic N) is 1. The molecule has 3 N–H and O–H groups in total. The molecule has 2 rings (SSSR count). The number of amides is 1. The highest BCUT2D eigenvalue weighted by atomic mass is 19.1. The van der Waals surface area contributed by atoms with E-state index in [0.717, 1.165) is 18.9 Å². The molecule has 31 heavy (non-hydrogen) atoms. The van der Waals surface area contributed by atoms with Gasteiger partial charge in [0.25, 0.3) is 0 Å². The summed E-state index contributed by atoms with van der Waals surface area (Å²) in [4.78, 5) is 14.4. The molecule has 0 spiro atoms. The number of hydrogen-bond acceptors (Lipinski definition) is 5. The lowest BCUT2D eigenvalue weighted by Crippen LogP contribution is -2.61. The fourth-order valence-electron chi connectivity index (χ4n) is 3.65. The minimum absolute atomic E-state index is 0.0469. The number of hydrogen-bond donors (Lipinski definition) is 2. The zero-order valence-corrected chi connectivity index (χ0v) is 19.1. The highest BCUT2D eigenvalue weighted by molar-refractivity contribution is 5.69. The molecule has 1 amide bonds. The molecule has 1 fully saturated rings. The number of benzene rings is 1. The van der Waals surface area contributed by atoms with Crippen LogP contribution in [0.1, 0.15) is 53.0 Å². The van der Waals surface area contributed by atoms with Gasteiger partial charge in [-0.2, -0.15) is 0 Å². The van der Waals surface area contributed by atoms with Gasteiger partial charge in [-0.15, -0.1) is 0 Å². The summed E-state index contributed by atoms with van der Waals surface area (Å²) in [5, 5.41) is 10.9. The Hall–Kier alpha value is -1.77. The Morgan fingerprint density at radius 3 is 2.45 bits per heavy atom. The van der Waals surface area contributed by atoms with Crippen molar-refractivity contribution < 1.29 is 28.2 Å². The van der Waals surface area contributed by atoms with E-state index in [-0.39, 0.29) is 25.7 Å². The number of aliphatic hydroxyl groups is 1. The number of aliphatic hydroxyl groups excluding tert-OH is 1. The van der Waals surface area contributed by atoms with Crippen molar-refractivity contribution in [3.05, 3.63) is 35.4 Å². The van der Waals surface area contributed by atoms with E-state index in [0.29, 0.717) is 11.5 Å². The average molecular weight is 443 g/mol. The standard InChI is InChI=1S/C23H36F2N2O4/c1-14(2)6-7-18-12-27(22(29)31-23(3,4)5)20(13-30-18)21(28)19(26)10-15-8-16(24)11-17(25)9-15/h8-9,11,14,18-21,28H,6-7,10,12-13,26H2,1-5H3/t18?,19-,20?,21-/m0/s1. The molecule has 1 saturated heterocycles. The highest BCUT2D eigenvalue weighted by Gasteiger charge is 2.40. The fourth-order valence-corrected chi connectivity index (χ4v) is 3.65. The molecule has 0 aliphatic carbocycles. The molecule has 0 saturated carbocycles. The summed E-state index contributed by atoms with van der Waals surface area (Å²) < 4.78 is 38.5. The van der Waals surface area contributed by atoms with Crippen molar-refractivity contribution in [2.45, 2.75) is 83.8 Å². The summed E-state index contributed by atoms with van der Waals surface area (Å²) in [6.45, 7) is 9.95. The lowest BCUT2D eigenvalue weighted by atomic mass is 9.94. The van der Waals surface area contributed by atoms with E-state index in [1.165, 1.54) is 17.0 Å². The van der Waals surface area contributed by atoms with Crippen LogP contribution in [0.15, 0.2) is 18.2 Å². The van der Waals surface area contributed by atoms with Crippen LogP contribution in [0.3, 0.4) is 0 Å². The maximum absolute atomic E-state index is 13.5. The van der Waals surface area contributed by atoms with Crippen LogP contribution in [0.25, 0.3) is 0 Å². The molecule has 2 unspecified atom stereocenters. The van der Waals surface area contributed by atoms with E-state index >= 15 is 0 Å². The van der Waals surface area contributed by atoms with Gasteiger partial charge in [0.15, 0.2) is 0 Å². The molecule has 0 bridgehead atoms. The Morgan fingerprint density at radius 1 is 1.29 bits per heavy atom. The average Bonchev–Trinajstić information content (AvgIpc) is 2.63. The summed E-state index contributed by atoms with van der Waals surface area (Å²) in [7, 11) is 0. The van der Waals surface area contributed by atoms with Crippen LogP contribution in [-0.2, 0) is 15.9 Å². The van der Waals surface area contributed by atoms with Gasteiger partial charge in [-0.25, -0.2) is 13.6 Å². The van der Waals surface area contributed by atoms with Crippen molar-refractivity contribution in [1.82, 2.24) is 4.90 Å². The van der Waals surface area contributed by atoms with Gasteiger partial charge in [-0.05, 0) is 63.6 Å². The third-order valence-electron chi connectivity index (χ3n) is 5.22. The minimum atomic E-state index is -1.16. The first-order chi connectivity index (χ1) is 14.4. The van der Waals surface area contributed by atoms with Crippen molar-refractivity contribution in [2.75, 3.05) is 13.2 Å². The van der Waals surface area contributed by atoms with Crippen LogP contribution in [0.4, 0.5) is 13.6 Å². The molecule has 1 aromatic carbocycles. The molecule has 1 heterocycles. The third kappa shape index (κ3) is 8.01. The number of morpholine rings is 1. The first-order valence-corrected chi connectivity index (χ1v) is 10.9. The Labute approximate surface area is 183 Å². The number of halogens is 2. The molecule has 0 aromatic heterocycles. The Kier molecular flexibility index (Phi) is 8.80. The lowest BCUT2D eigenvalue weighted by molar-refractivity contribution is -0.105. The summed E-state index contributed by atoms with van der Waals surface area (Å²) in [5.74, 6) is -0.913. The molecule has 1 aliphatic heterocycles. The van der Waals surface area contributed by atoms with Gasteiger partial charge in [-0.1, -0.05) is 13.8 Å². The Balaban J connectivity index is 2.14. The third-order valence-corrected chi connectivity index (χ3v) is 5.22. The quantitative estimate of drug-likeness (QED) is 0.674. The largest absolute Gasteiger partial charge is 0.444 e. The molecule has 6 nitrogen and oxygen atoms in total. The molecule has 0 radical (unpaired) electrons. The topological polar surface area (TPSA) is 85.0 Å². The maximum Gasteiger partial charge on any atom is 0.410 e. The van der Waals surface area contributed by atoms with Crippen molar-refractivity contribution in [3.63, 3.8) is 0 Å². The van der Waals surface area contributed by atoms with Gasteiger partial charge in [0.1, 0.15) is 17.2 Å². The first kappa shape index (κ1) is 25.5. The van der Waals surface area contributed by atoms with Crippen LogP contribution >= 0.6 is 0 Å². The first-order valence-electron chi connectivity index (χ1n) is 10.9. The van der Waals surface area contributed by atoms with Gasteiger partial charge in [0, 0.05) is 12.1 Å². The van der Waals surface area contributed by atoms with Crippen LogP contribution in [0.5, 0.6) is 0 Å². The number of carbonyl (C=O) groups excluding carboxylic acids is 1. The predicted molar refractivity (Wildman–Crippen MR) is 115 cm³/mol.